The lowest BCUT2D eigenvalue weighted by Crippen LogP contribution is -2.22. The molecule has 2 aromatic rings. The van der Waals surface area contributed by atoms with Crippen LogP contribution in [-0.2, 0) is 12.3 Å². The molecule has 0 unspecified atom stereocenters. The predicted octanol–water partition coefficient (Wildman–Crippen LogP) is 5.44. The smallest absolute Gasteiger partial charge is 0.0462 e. The molecule has 0 heterocycles. The first-order valence-corrected chi connectivity index (χ1v) is 8.61. The topological polar surface area (TPSA) is 12.0 Å². The fourth-order valence-corrected chi connectivity index (χ4v) is 3.45. The van der Waals surface area contributed by atoms with Gasteiger partial charge in [0.1, 0.15) is 0 Å². The van der Waals surface area contributed by atoms with Crippen molar-refractivity contribution in [3.8, 4) is 0 Å². The lowest BCUT2D eigenvalue weighted by Gasteiger charge is -2.14. The van der Waals surface area contributed by atoms with E-state index < -0.39 is 0 Å². The van der Waals surface area contributed by atoms with E-state index in [4.69, 9.17) is 11.6 Å². The Morgan fingerprint density at radius 1 is 1.14 bits per heavy atom. The first-order valence-electron chi connectivity index (χ1n) is 7.25. The molecule has 0 aliphatic rings. The van der Waals surface area contributed by atoms with Gasteiger partial charge >= 0.3 is 0 Å². The first-order chi connectivity index (χ1) is 10.1. The number of aryl methyl sites for hydroxylation is 1. The molecule has 0 bridgehead atoms. The Balaban J connectivity index is 2.10. The zero-order valence-electron chi connectivity index (χ0n) is 12.8. The van der Waals surface area contributed by atoms with Gasteiger partial charge in [-0.15, -0.1) is 11.8 Å². The van der Waals surface area contributed by atoms with E-state index in [2.05, 4.69) is 56.4 Å². The van der Waals surface area contributed by atoms with Crippen molar-refractivity contribution in [1.82, 2.24) is 5.32 Å². The summed E-state index contributed by atoms with van der Waals surface area (Å²) >= 11 is 8.22. The normalized spacial score (nSPS) is 11.1. The van der Waals surface area contributed by atoms with Crippen molar-refractivity contribution in [2.45, 2.75) is 44.0 Å². The van der Waals surface area contributed by atoms with Gasteiger partial charge in [-0.3, -0.25) is 0 Å². The van der Waals surface area contributed by atoms with E-state index in [1.165, 1.54) is 21.6 Å². The second-order valence-corrected chi connectivity index (χ2v) is 6.95. The highest BCUT2D eigenvalue weighted by Gasteiger charge is 2.08. The molecule has 21 heavy (non-hydrogen) atoms. The van der Waals surface area contributed by atoms with Gasteiger partial charge in [0.25, 0.3) is 0 Å². The van der Waals surface area contributed by atoms with Crippen molar-refractivity contribution >= 4 is 23.4 Å². The van der Waals surface area contributed by atoms with Crippen molar-refractivity contribution in [2.75, 3.05) is 0 Å². The molecule has 0 amide bonds. The van der Waals surface area contributed by atoms with Crippen molar-refractivity contribution < 1.29 is 0 Å². The second-order valence-electron chi connectivity index (χ2n) is 5.53. The molecule has 1 N–H and O–H groups in total. The minimum Gasteiger partial charge on any atom is -0.310 e. The Morgan fingerprint density at radius 3 is 2.62 bits per heavy atom. The summed E-state index contributed by atoms with van der Waals surface area (Å²) in [6, 6.07) is 15.3. The zero-order valence-corrected chi connectivity index (χ0v) is 14.4. The summed E-state index contributed by atoms with van der Waals surface area (Å²) in [7, 11) is 0. The van der Waals surface area contributed by atoms with E-state index in [1.54, 1.807) is 0 Å². The standard InChI is InChI=1S/C18H22ClNS/c1-13(2)20-11-16-17(19)8-5-9-18(16)21-12-15-7-4-6-14(3)10-15/h4-10,13,20H,11-12H2,1-3H3. The molecule has 3 heteroatoms. The fraction of sp³-hybridized carbons (Fsp3) is 0.333. The summed E-state index contributed by atoms with van der Waals surface area (Å²) in [6.45, 7) is 7.24. The largest absolute Gasteiger partial charge is 0.310 e. The Bertz CT molecular complexity index is 596. The van der Waals surface area contributed by atoms with E-state index in [0.717, 1.165) is 17.3 Å². The van der Waals surface area contributed by atoms with Crippen LogP contribution in [0, 0.1) is 6.92 Å². The number of thioether (sulfide) groups is 1. The van der Waals surface area contributed by atoms with Gasteiger partial charge in [0.15, 0.2) is 0 Å². The molecule has 1 nitrogen and oxygen atoms in total. The number of benzene rings is 2. The highest BCUT2D eigenvalue weighted by molar-refractivity contribution is 7.98. The van der Waals surface area contributed by atoms with Gasteiger partial charge in [-0.2, -0.15) is 0 Å². The monoisotopic (exact) mass is 319 g/mol. The van der Waals surface area contributed by atoms with Crippen LogP contribution in [0.2, 0.25) is 5.02 Å². The van der Waals surface area contributed by atoms with Crippen LogP contribution < -0.4 is 5.32 Å². The predicted molar refractivity (Wildman–Crippen MR) is 94.2 cm³/mol. The van der Waals surface area contributed by atoms with Gasteiger partial charge < -0.3 is 5.32 Å². The third-order valence-electron chi connectivity index (χ3n) is 3.24. The van der Waals surface area contributed by atoms with E-state index >= 15 is 0 Å². The molecule has 2 rings (SSSR count). The van der Waals surface area contributed by atoms with Crippen LogP contribution in [0.4, 0.5) is 0 Å². The highest BCUT2D eigenvalue weighted by Crippen LogP contribution is 2.31. The summed E-state index contributed by atoms with van der Waals surface area (Å²) in [6.07, 6.45) is 0. The summed E-state index contributed by atoms with van der Waals surface area (Å²) in [4.78, 5) is 1.26. The molecule has 0 aliphatic heterocycles. The number of rotatable bonds is 6. The Labute approximate surface area is 137 Å². The summed E-state index contributed by atoms with van der Waals surface area (Å²) < 4.78 is 0. The summed E-state index contributed by atoms with van der Waals surface area (Å²) in [5, 5.41) is 4.30. The number of hydrogen-bond donors (Lipinski definition) is 1. The van der Waals surface area contributed by atoms with Gasteiger partial charge in [0.05, 0.1) is 0 Å². The summed E-state index contributed by atoms with van der Waals surface area (Å²) in [5.74, 6) is 0.969. The van der Waals surface area contributed by atoms with Gasteiger partial charge in [-0.1, -0.05) is 61.3 Å². The van der Waals surface area contributed by atoms with Crippen molar-refractivity contribution in [1.29, 1.82) is 0 Å². The molecule has 0 spiro atoms. The van der Waals surface area contributed by atoms with E-state index in [0.29, 0.717) is 6.04 Å². The van der Waals surface area contributed by atoms with Crippen molar-refractivity contribution in [3.05, 3.63) is 64.2 Å². The number of nitrogens with one attached hydrogen (secondary N) is 1. The number of hydrogen-bond acceptors (Lipinski definition) is 2. The molecule has 0 atom stereocenters. The molecular weight excluding hydrogens is 298 g/mol. The fourth-order valence-electron chi connectivity index (χ4n) is 2.11. The minimum atomic E-state index is 0.455. The zero-order chi connectivity index (χ0) is 15.2. The maximum Gasteiger partial charge on any atom is 0.0462 e. The first kappa shape index (κ1) is 16.4. The van der Waals surface area contributed by atoms with Gasteiger partial charge in [0, 0.05) is 28.3 Å². The lowest BCUT2D eigenvalue weighted by molar-refractivity contribution is 0.585. The molecule has 112 valence electrons. The van der Waals surface area contributed by atoms with Gasteiger partial charge in [0.2, 0.25) is 0 Å². The van der Waals surface area contributed by atoms with Crippen LogP contribution in [0.1, 0.15) is 30.5 Å². The maximum atomic E-state index is 6.37. The maximum absolute atomic E-state index is 6.37. The molecule has 0 saturated heterocycles. The average molecular weight is 320 g/mol. The third kappa shape index (κ3) is 5.06. The van der Waals surface area contributed by atoms with Crippen LogP contribution in [-0.4, -0.2) is 6.04 Å². The Hall–Kier alpha value is -0.960. The van der Waals surface area contributed by atoms with Crippen LogP contribution in [0.5, 0.6) is 0 Å². The van der Waals surface area contributed by atoms with Crippen LogP contribution in [0.15, 0.2) is 47.4 Å². The van der Waals surface area contributed by atoms with Crippen molar-refractivity contribution in [3.63, 3.8) is 0 Å². The molecule has 0 aromatic heterocycles. The van der Waals surface area contributed by atoms with Gasteiger partial charge in [-0.25, -0.2) is 0 Å². The highest BCUT2D eigenvalue weighted by atomic mass is 35.5. The van der Waals surface area contributed by atoms with E-state index in [-0.39, 0.29) is 0 Å². The van der Waals surface area contributed by atoms with Gasteiger partial charge in [-0.05, 0) is 30.2 Å². The van der Waals surface area contributed by atoms with E-state index in [1.807, 2.05) is 23.9 Å². The molecule has 2 aromatic carbocycles. The third-order valence-corrected chi connectivity index (χ3v) is 4.77. The summed E-state index contributed by atoms with van der Waals surface area (Å²) in [5.41, 5.74) is 3.86. The number of halogens is 1. The average Bonchev–Trinajstić information content (AvgIpc) is 2.44. The van der Waals surface area contributed by atoms with Crippen LogP contribution in [0.3, 0.4) is 0 Å². The molecular formula is C18H22ClNS. The van der Waals surface area contributed by atoms with Crippen LogP contribution >= 0.6 is 23.4 Å². The van der Waals surface area contributed by atoms with Crippen LogP contribution in [0.25, 0.3) is 0 Å². The molecule has 0 radical (unpaired) electrons. The molecule has 0 aliphatic carbocycles. The molecule has 0 saturated carbocycles. The minimum absolute atomic E-state index is 0.455. The van der Waals surface area contributed by atoms with Crippen molar-refractivity contribution in [2.24, 2.45) is 0 Å². The van der Waals surface area contributed by atoms with E-state index in [9.17, 15) is 0 Å². The molecule has 0 fully saturated rings. The quantitative estimate of drug-likeness (QED) is 0.712. The Kier molecular flexibility index (Phi) is 6.16. The second kappa shape index (κ2) is 7.88. The SMILES string of the molecule is Cc1cccc(CSc2cccc(Cl)c2CNC(C)C)c1. The lowest BCUT2D eigenvalue weighted by atomic mass is 10.2. The Morgan fingerprint density at radius 2 is 1.90 bits per heavy atom.